The zero-order valence-electron chi connectivity index (χ0n) is 22.2. The van der Waals surface area contributed by atoms with E-state index < -0.39 is 29.5 Å². The third kappa shape index (κ3) is 6.21. The second-order valence-electron chi connectivity index (χ2n) is 10.0. The van der Waals surface area contributed by atoms with Crippen molar-refractivity contribution in [3.05, 3.63) is 58.1 Å². The number of hydrogen-bond acceptors (Lipinski definition) is 8. The second-order valence-corrected chi connectivity index (χ2v) is 10.0. The number of hydrogen-bond donors (Lipinski definition) is 6. The Morgan fingerprint density at radius 2 is 1.90 bits per heavy atom. The number of imidazole rings is 1. The fourth-order valence-corrected chi connectivity index (χ4v) is 4.95. The van der Waals surface area contributed by atoms with Crippen LogP contribution in [0.4, 0.5) is 10.1 Å². The fraction of sp³-hybridized carbons (Fsp3) is 0.357. The molecule has 0 bridgehead atoms. The number of nitrogen functional groups attached to an aromatic ring is 1. The number of aliphatic hydroxyl groups is 2. The van der Waals surface area contributed by atoms with Gasteiger partial charge in [-0.15, -0.1) is 0 Å². The summed E-state index contributed by atoms with van der Waals surface area (Å²) in [5, 5.41) is 23.3. The number of pyridine rings is 1. The molecule has 1 aliphatic heterocycles. The number of nitrogens with one attached hydrogen (secondary N) is 3. The Morgan fingerprint density at radius 3 is 2.68 bits per heavy atom. The van der Waals surface area contributed by atoms with Crippen molar-refractivity contribution in [1.82, 2.24) is 25.2 Å². The van der Waals surface area contributed by atoms with Gasteiger partial charge in [0.05, 0.1) is 59.5 Å². The average molecular weight is 567 g/mol. The van der Waals surface area contributed by atoms with Crippen LogP contribution >= 0.6 is 0 Å². The van der Waals surface area contributed by atoms with Crippen molar-refractivity contribution in [3.63, 3.8) is 0 Å². The first kappa shape index (κ1) is 28.2. The van der Waals surface area contributed by atoms with E-state index in [2.05, 4.69) is 20.3 Å². The number of nitrogens with zero attached hydrogens (tertiary/aromatic N) is 2. The Balaban J connectivity index is 1.19. The minimum Gasteiger partial charge on any atom is -0.397 e. The van der Waals surface area contributed by atoms with Gasteiger partial charge in [-0.25, -0.2) is 9.37 Å². The number of amides is 2. The van der Waals surface area contributed by atoms with Crippen LogP contribution in [0, 0.1) is 5.82 Å². The molecule has 1 fully saturated rings. The number of morpholine rings is 1. The molecule has 0 aliphatic carbocycles. The smallest absolute Gasteiger partial charge is 0.261 e. The Labute approximate surface area is 233 Å². The highest BCUT2D eigenvalue weighted by Gasteiger charge is 2.22. The van der Waals surface area contributed by atoms with Crippen LogP contribution in [0.15, 0.2) is 41.2 Å². The highest BCUT2D eigenvalue weighted by atomic mass is 19.1. The topological polar surface area (TPSA) is 187 Å². The molecule has 216 valence electrons. The highest BCUT2D eigenvalue weighted by Crippen LogP contribution is 2.30. The summed E-state index contributed by atoms with van der Waals surface area (Å²) in [6, 6.07) is 9.00. The third-order valence-electron chi connectivity index (χ3n) is 7.09. The molecular weight excluding hydrogens is 535 g/mol. The number of nitrogens with two attached hydrogens (primary N) is 1. The molecule has 3 heterocycles. The molecule has 2 amide bonds. The van der Waals surface area contributed by atoms with Crippen molar-refractivity contribution in [2.45, 2.75) is 31.5 Å². The number of H-pyrrole nitrogens is 2. The summed E-state index contributed by atoms with van der Waals surface area (Å²) in [5.41, 5.74) is 7.10. The van der Waals surface area contributed by atoms with E-state index in [0.717, 1.165) is 0 Å². The number of anilines is 1. The van der Waals surface area contributed by atoms with Crippen LogP contribution in [0.5, 0.6) is 0 Å². The minimum atomic E-state index is -0.992. The fourth-order valence-electron chi connectivity index (χ4n) is 4.95. The van der Waals surface area contributed by atoms with E-state index in [1.807, 2.05) is 0 Å². The van der Waals surface area contributed by atoms with Gasteiger partial charge in [0.1, 0.15) is 17.2 Å². The standard InChI is InChI=1S/C28H31FN6O6/c29-18-2-1-3-20-23(18)25(30)24(28(40)34-20)26-32-19-5-4-15(12-21(19)33-26)27(39)31-7-6-16(36)13-17(37)14-22(38)35-8-10-41-11-9-35/h1-5,12,16-17,36-37H,6-11,13-14H2,(H,31,39)(H,32,33)(H3,30,34,40). The monoisotopic (exact) mass is 566 g/mol. The number of carbonyl (C=O) groups is 2. The van der Waals surface area contributed by atoms with Crippen molar-refractivity contribution in [2.24, 2.45) is 0 Å². The number of halogens is 1. The van der Waals surface area contributed by atoms with Crippen LogP contribution in [0.1, 0.15) is 29.6 Å². The number of aromatic amines is 2. The molecule has 13 heteroatoms. The number of carbonyl (C=O) groups excluding carboxylic acids is 2. The Hall–Kier alpha value is -4.33. The summed E-state index contributed by atoms with van der Waals surface area (Å²) in [6.07, 6.45) is -1.79. The summed E-state index contributed by atoms with van der Waals surface area (Å²) in [7, 11) is 0. The molecule has 2 aromatic heterocycles. The predicted octanol–water partition coefficient (Wildman–Crippen LogP) is 1.27. The van der Waals surface area contributed by atoms with Crippen LogP contribution in [0.25, 0.3) is 33.3 Å². The summed E-state index contributed by atoms with van der Waals surface area (Å²) in [5.74, 6) is -1.02. The zero-order chi connectivity index (χ0) is 29.1. The van der Waals surface area contributed by atoms with Gasteiger partial charge >= 0.3 is 0 Å². The average Bonchev–Trinajstić information content (AvgIpc) is 3.36. The predicted molar refractivity (Wildman–Crippen MR) is 150 cm³/mol. The summed E-state index contributed by atoms with van der Waals surface area (Å²) < 4.78 is 19.6. The lowest BCUT2D eigenvalue weighted by Crippen LogP contribution is -2.42. The van der Waals surface area contributed by atoms with Gasteiger partial charge in [0.15, 0.2) is 0 Å². The van der Waals surface area contributed by atoms with Crippen LogP contribution < -0.4 is 16.6 Å². The lowest BCUT2D eigenvalue weighted by Gasteiger charge is -2.28. The maximum Gasteiger partial charge on any atom is 0.261 e. The molecule has 5 rings (SSSR count). The molecule has 7 N–H and O–H groups in total. The van der Waals surface area contributed by atoms with Crippen molar-refractivity contribution in [1.29, 1.82) is 0 Å². The van der Waals surface area contributed by atoms with E-state index in [1.54, 1.807) is 29.2 Å². The number of fused-ring (bicyclic) bond motifs is 2. The van der Waals surface area contributed by atoms with E-state index in [0.29, 0.717) is 42.9 Å². The Morgan fingerprint density at radius 1 is 1.12 bits per heavy atom. The zero-order valence-corrected chi connectivity index (χ0v) is 22.2. The molecule has 1 aliphatic rings. The Bertz CT molecular complexity index is 1650. The van der Waals surface area contributed by atoms with Crippen molar-refractivity contribution >= 4 is 39.4 Å². The molecule has 0 radical (unpaired) electrons. The van der Waals surface area contributed by atoms with E-state index >= 15 is 0 Å². The third-order valence-corrected chi connectivity index (χ3v) is 7.09. The Kier molecular flexibility index (Phi) is 8.28. The maximum absolute atomic E-state index is 14.4. The number of ether oxygens (including phenoxy) is 1. The first-order valence-electron chi connectivity index (χ1n) is 13.3. The van der Waals surface area contributed by atoms with E-state index in [-0.39, 0.29) is 59.7 Å². The van der Waals surface area contributed by atoms with Crippen molar-refractivity contribution in [3.8, 4) is 11.4 Å². The van der Waals surface area contributed by atoms with Gasteiger partial charge in [0, 0.05) is 25.2 Å². The molecule has 0 spiro atoms. The maximum atomic E-state index is 14.4. The van der Waals surface area contributed by atoms with Crippen LogP contribution in [-0.4, -0.2) is 86.9 Å². The van der Waals surface area contributed by atoms with Crippen LogP contribution in [-0.2, 0) is 9.53 Å². The van der Waals surface area contributed by atoms with Gasteiger partial charge in [-0.3, -0.25) is 14.4 Å². The molecule has 4 aromatic rings. The lowest BCUT2D eigenvalue weighted by molar-refractivity contribution is -0.137. The molecule has 41 heavy (non-hydrogen) atoms. The largest absolute Gasteiger partial charge is 0.397 e. The van der Waals surface area contributed by atoms with Gasteiger partial charge in [0.2, 0.25) is 5.91 Å². The quantitative estimate of drug-likeness (QED) is 0.175. The number of benzene rings is 2. The normalized spacial score (nSPS) is 15.2. The first-order chi connectivity index (χ1) is 19.7. The second kappa shape index (κ2) is 12.0. The molecule has 1 saturated heterocycles. The van der Waals surface area contributed by atoms with Gasteiger partial charge in [0.25, 0.3) is 11.5 Å². The molecule has 2 unspecified atom stereocenters. The van der Waals surface area contributed by atoms with Gasteiger partial charge in [-0.05, 0) is 43.2 Å². The molecule has 12 nitrogen and oxygen atoms in total. The van der Waals surface area contributed by atoms with E-state index in [9.17, 15) is 29.0 Å². The molecule has 0 saturated carbocycles. The van der Waals surface area contributed by atoms with Gasteiger partial charge < -0.3 is 40.9 Å². The van der Waals surface area contributed by atoms with Gasteiger partial charge in [-0.2, -0.15) is 0 Å². The van der Waals surface area contributed by atoms with E-state index in [4.69, 9.17) is 10.5 Å². The summed E-state index contributed by atoms with van der Waals surface area (Å²) in [6.45, 7) is 2.06. The molecule has 2 aromatic carbocycles. The number of rotatable bonds is 9. The first-order valence-corrected chi connectivity index (χ1v) is 13.3. The minimum absolute atomic E-state index is 0.00683. The SMILES string of the molecule is Nc1c(-c2nc3ccc(C(=O)NCCC(O)CC(O)CC(=O)N4CCOCC4)cc3[nH]2)c(=O)[nH]c2cccc(F)c12. The highest BCUT2D eigenvalue weighted by molar-refractivity contribution is 6.00. The van der Waals surface area contributed by atoms with Gasteiger partial charge in [-0.1, -0.05) is 6.07 Å². The number of aliphatic hydroxyl groups excluding tert-OH is 2. The summed E-state index contributed by atoms with van der Waals surface area (Å²) >= 11 is 0. The van der Waals surface area contributed by atoms with E-state index in [1.165, 1.54) is 12.1 Å². The number of aromatic nitrogens is 3. The van der Waals surface area contributed by atoms with Crippen molar-refractivity contribution < 1.29 is 28.9 Å². The van der Waals surface area contributed by atoms with Crippen LogP contribution in [0.2, 0.25) is 0 Å². The lowest BCUT2D eigenvalue weighted by atomic mass is 10.1. The molecular formula is C28H31FN6O6. The van der Waals surface area contributed by atoms with Crippen LogP contribution in [0.3, 0.4) is 0 Å². The van der Waals surface area contributed by atoms with Crippen molar-refractivity contribution in [2.75, 3.05) is 38.6 Å². The molecule has 2 atom stereocenters. The summed E-state index contributed by atoms with van der Waals surface area (Å²) in [4.78, 5) is 49.4.